The molecule has 1 aromatic rings. The highest BCUT2D eigenvalue weighted by Gasteiger charge is 2.32. The zero-order valence-electron chi connectivity index (χ0n) is 17.5. The van der Waals surface area contributed by atoms with Crippen molar-refractivity contribution >= 4 is 23.6 Å². The fourth-order valence-electron chi connectivity index (χ4n) is 3.14. The summed E-state index contributed by atoms with van der Waals surface area (Å²) in [6, 6.07) is 8.40. The van der Waals surface area contributed by atoms with Gasteiger partial charge in [-0.15, -0.1) is 0 Å². The van der Waals surface area contributed by atoms with Crippen LogP contribution >= 0.6 is 0 Å². The lowest BCUT2D eigenvalue weighted by molar-refractivity contribution is -0.142. The molecule has 0 saturated carbocycles. The van der Waals surface area contributed by atoms with Crippen molar-refractivity contribution < 1.29 is 28.7 Å². The molecule has 2 rings (SSSR count). The van der Waals surface area contributed by atoms with Gasteiger partial charge >= 0.3 is 6.09 Å². The molecule has 0 aromatic heterocycles. The van der Waals surface area contributed by atoms with Crippen molar-refractivity contribution in [2.45, 2.75) is 45.8 Å². The van der Waals surface area contributed by atoms with Gasteiger partial charge in [0.25, 0.3) is 5.91 Å². The molecule has 1 aromatic carbocycles. The van der Waals surface area contributed by atoms with Gasteiger partial charge in [-0.25, -0.2) is 4.79 Å². The van der Waals surface area contributed by atoms with Crippen LogP contribution in [0, 0.1) is 11.8 Å². The van der Waals surface area contributed by atoms with Crippen LogP contribution in [0.3, 0.4) is 0 Å². The standard InChI is InChI=1S/C22H30N2O6/c1-15(2)11-18(24-22(28)30-13-16-7-4-3-5-8-16)19(25)12-17-14-29-10-6-9-23-21(27)20(17)26/h3-5,7-8,15,17-18H,6,9-14H2,1-2H3,(H,23,27)(H,24,28). The summed E-state index contributed by atoms with van der Waals surface area (Å²) in [5.41, 5.74) is 0.832. The quantitative estimate of drug-likeness (QED) is 0.625. The van der Waals surface area contributed by atoms with Gasteiger partial charge < -0.3 is 20.1 Å². The summed E-state index contributed by atoms with van der Waals surface area (Å²) < 4.78 is 10.7. The molecule has 0 radical (unpaired) electrons. The zero-order valence-corrected chi connectivity index (χ0v) is 17.5. The van der Waals surface area contributed by atoms with E-state index in [0.29, 0.717) is 26.0 Å². The lowest BCUT2D eigenvalue weighted by atomic mass is 9.91. The topological polar surface area (TPSA) is 111 Å². The van der Waals surface area contributed by atoms with Gasteiger partial charge in [-0.3, -0.25) is 14.4 Å². The maximum atomic E-state index is 12.9. The molecule has 2 amide bonds. The Bertz CT molecular complexity index is 734. The molecule has 1 fully saturated rings. The highest BCUT2D eigenvalue weighted by molar-refractivity contribution is 6.37. The van der Waals surface area contributed by atoms with Crippen LogP contribution in [0.4, 0.5) is 4.79 Å². The summed E-state index contributed by atoms with van der Waals surface area (Å²) >= 11 is 0. The van der Waals surface area contributed by atoms with Crippen LogP contribution in [0.1, 0.15) is 38.7 Å². The van der Waals surface area contributed by atoms with E-state index in [1.54, 1.807) is 0 Å². The summed E-state index contributed by atoms with van der Waals surface area (Å²) in [7, 11) is 0. The molecule has 0 aliphatic carbocycles. The largest absolute Gasteiger partial charge is 0.445 e. The summed E-state index contributed by atoms with van der Waals surface area (Å²) in [6.07, 6.45) is 0.118. The number of hydrogen-bond donors (Lipinski definition) is 2. The Morgan fingerprint density at radius 3 is 2.67 bits per heavy atom. The van der Waals surface area contributed by atoms with E-state index in [2.05, 4.69) is 10.6 Å². The Hall–Kier alpha value is -2.74. The average Bonchev–Trinajstić information content (AvgIpc) is 2.79. The Morgan fingerprint density at radius 2 is 1.97 bits per heavy atom. The number of hydrogen-bond acceptors (Lipinski definition) is 6. The molecular weight excluding hydrogens is 388 g/mol. The number of ether oxygens (including phenoxy) is 2. The number of amides is 2. The monoisotopic (exact) mass is 418 g/mol. The van der Waals surface area contributed by atoms with E-state index in [1.807, 2.05) is 44.2 Å². The SMILES string of the molecule is CC(C)CC(NC(=O)OCc1ccccc1)C(=O)CC1COCCCNC(=O)C1=O. The van der Waals surface area contributed by atoms with E-state index >= 15 is 0 Å². The minimum Gasteiger partial charge on any atom is -0.445 e. The maximum absolute atomic E-state index is 12.9. The van der Waals surface area contributed by atoms with Crippen molar-refractivity contribution in [3.8, 4) is 0 Å². The minimum atomic E-state index is -0.868. The van der Waals surface area contributed by atoms with Gasteiger partial charge in [-0.05, 0) is 24.3 Å². The van der Waals surface area contributed by atoms with Gasteiger partial charge in [0.05, 0.1) is 18.6 Å². The molecule has 1 aliphatic heterocycles. The van der Waals surface area contributed by atoms with Crippen molar-refractivity contribution in [2.24, 2.45) is 11.8 Å². The molecule has 30 heavy (non-hydrogen) atoms. The second-order valence-electron chi connectivity index (χ2n) is 7.80. The van der Waals surface area contributed by atoms with Gasteiger partial charge in [0.2, 0.25) is 5.78 Å². The first kappa shape index (κ1) is 23.5. The number of Topliss-reactive ketones (excluding diaryl/α,β-unsaturated/α-hetero) is 2. The van der Waals surface area contributed by atoms with Crippen molar-refractivity contribution in [1.29, 1.82) is 0 Å². The van der Waals surface area contributed by atoms with Crippen LogP contribution in [-0.4, -0.2) is 49.4 Å². The number of alkyl carbamates (subject to hydrolysis) is 1. The van der Waals surface area contributed by atoms with Crippen LogP contribution in [0.2, 0.25) is 0 Å². The molecule has 0 bridgehead atoms. The Labute approximate surface area is 176 Å². The first-order chi connectivity index (χ1) is 14.4. The molecule has 2 unspecified atom stereocenters. The second kappa shape index (κ2) is 12.1. The van der Waals surface area contributed by atoms with Crippen LogP contribution in [0.15, 0.2) is 30.3 Å². The van der Waals surface area contributed by atoms with E-state index in [4.69, 9.17) is 9.47 Å². The van der Waals surface area contributed by atoms with Gasteiger partial charge in [0.1, 0.15) is 6.61 Å². The summed E-state index contributed by atoms with van der Waals surface area (Å²) in [5, 5.41) is 5.14. The molecule has 8 nitrogen and oxygen atoms in total. The summed E-state index contributed by atoms with van der Waals surface area (Å²) in [6.45, 7) is 4.71. The van der Waals surface area contributed by atoms with E-state index in [-0.39, 0.29) is 31.3 Å². The third-order valence-corrected chi connectivity index (χ3v) is 4.71. The number of benzene rings is 1. The lowest BCUT2D eigenvalue weighted by Crippen LogP contribution is -2.44. The minimum absolute atomic E-state index is 0.00481. The normalized spacial score (nSPS) is 18.6. The highest BCUT2D eigenvalue weighted by atomic mass is 16.5. The highest BCUT2D eigenvalue weighted by Crippen LogP contribution is 2.15. The number of carbonyl (C=O) groups is 4. The predicted molar refractivity (Wildman–Crippen MR) is 110 cm³/mol. The Morgan fingerprint density at radius 1 is 1.23 bits per heavy atom. The second-order valence-corrected chi connectivity index (χ2v) is 7.80. The molecule has 1 saturated heterocycles. The van der Waals surface area contributed by atoms with Crippen LogP contribution in [0.5, 0.6) is 0 Å². The molecular formula is C22H30N2O6. The first-order valence-corrected chi connectivity index (χ1v) is 10.3. The number of rotatable bonds is 8. The molecule has 1 aliphatic rings. The number of carbonyl (C=O) groups excluding carboxylic acids is 4. The first-order valence-electron chi connectivity index (χ1n) is 10.3. The lowest BCUT2D eigenvalue weighted by Gasteiger charge is -2.21. The molecule has 0 spiro atoms. The van der Waals surface area contributed by atoms with Crippen molar-refractivity contribution in [1.82, 2.24) is 10.6 Å². The van der Waals surface area contributed by atoms with Crippen molar-refractivity contribution in [3.05, 3.63) is 35.9 Å². The third-order valence-electron chi connectivity index (χ3n) is 4.71. The fraction of sp³-hybridized carbons (Fsp3) is 0.545. The Balaban J connectivity index is 1.98. The number of nitrogens with one attached hydrogen (secondary N) is 2. The van der Waals surface area contributed by atoms with Gasteiger partial charge in [-0.1, -0.05) is 44.2 Å². The third kappa shape index (κ3) is 7.94. The summed E-state index contributed by atoms with van der Waals surface area (Å²) in [5.74, 6) is -2.43. The molecule has 2 atom stereocenters. The van der Waals surface area contributed by atoms with E-state index < -0.39 is 29.7 Å². The van der Waals surface area contributed by atoms with Crippen LogP contribution < -0.4 is 10.6 Å². The van der Waals surface area contributed by atoms with Crippen molar-refractivity contribution in [2.75, 3.05) is 19.8 Å². The average molecular weight is 418 g/mol. The molecule has 164 valence electrons. The predicted octanol–water partition coefficient (Wildman–Crippen LogP) is 2.01. The zero-order chi connectivity index (χ0) is 21.9. The maximum Gasteiger partial charge on any atom is 0.408 e. The van der Waals surface area contributed by atoms with Crippen molar-refractivity contribution in [3.63, 3.8) is 0 Å². The number of ketones is 2. The smallest absolute Gasteiger partial charge is 0.408 e. The van der Waals surface area contributed by atoms with E-state index in [0.717, 1.165) is 5.56 Å². The van der Waals surface area contributed by atoms with Gasteiger partial charge in [0, 0.05) is 19.6 Å². The molecule has 1 heterocycles. The Kier molecular flexibility index (Phi) is 9.47. The van der Waals surface area contributed by atoms with E-state index in [9.17, 15) is 19.2 Å². The molecule has 2 N–H and O–H groups in total. The van der Waals surface area contributed by atoms with E-state index in [1.165, 1.54) is 0 Å². The van der Waals surface area contributed by atoms with Gasteiger partial charge in [0.15, 0.2) is 5.78 Å². The van der Waals surface area contributed by atoms with Gasteiger partial charge in [-0.2, -0.15) is 0 Å². The fourth-order valence-corrected chi connectivity index (χ4v) is 3.14. The van der Waals surface area contributed by atoms with Crippen LogP contribution in [0.25, 0.3) is 0 Å². The van der Waals surface area contributed by atoms with Crippen LogP contribution in [-0.2, 0) is 30.5 Å². The molecule has 8 heteroatoms. The summed E-state index contributed by atoms with van der Waals surface area (Å²) in [4.78, 5) is 49.4.